The zero-order valence-corrected chi connectivity index (χ0v) is 20.2. The summed E-state index contributed by atoms with van der Waals surface area (Å²) in [4.78, 5) is 33.8. The summed E-state index contributed by atoms with van der Waals surface area (Å²) in [7, 11) is 0. The number of likely N-dealkylation sites (tertiary alicyclic amines) is 1. The average molecular weight is 479 g/mol. The van der Waals surface area contributed by atoms with Gasteiger partial charge in [0, 0.05) is 38.1 Å². The predicted octanol–water partition coefficient (Wildman–Crippen LogP) is 4.15. The summed E-state index contributed by atoms with van der Waals surface area (Å²) in [5.74, 6) is 1.55. The second kappa shape index (κ2) is 11.7. The van der Waals surface area contributed by atoms with E-state index in [4.69, 9.17) is 10.5 Å². The number of ether oxygens (including phenoxy) is 1. The van der Waals surface area contributed by atoms with Crippen molar-refractivity contribution in [2.75, 3.05) is 43.4 Å². The van der Waals surface area contributed by atoms with Gasteiger partial charge in [0.2, 0.25) is 0 Å². The molecular weight excluding hydrogens is 444 g/mol. The zero-order chi connectivity index (χ0) is 24.6. The topological polar surface area (TPSA) is 125 Å². The maximum Gasteiger partial charge on any atom is 0.409 e. The van der Waals surface area contributed by atoms with E-state index in [0.717, 1.165) is 36.8 Å². The molecule has 0 bridgehead atoms. The fraction of sp³-hybridized carbons (Fsp3) is 0.423. The summed E-state index contributed by atoms with van der Waals surface area (Å²) in [6.45, 7) is 5.05. The Morgan fingerprint density at radius 3 is 2.71 bits per heavy atom. The third-order valence-electron chi connectivity index (χ3n) is 6.33. The van der Waals surface area contributed by atoms with Gasteiger partial charge in [0.25, 0.3) is 5.56 Å². The highest BCUT2D eigenvalue weighted by atomic mass is 16.6. The van der Waals surface area contributed by atoms with Crippen LogP contribution in [0.5, 0.6) is 0 Å². The van der Waals surface area contributed by atoms with E-state index >= 15 is 0 Å². The normalized spacial score (nSPS) is 14.2. The van der Waals surface area contributed by atoms with E-state index in [-0.39, 0.29) is 11.7 Å². The highest BCUT2D eigenvalue weighted by Gasteiger charge is 2.24. The lowest BCUT2D eigenvalue weighted by molar-refractivity contribution is 0.0916. The summed E-state index contributed by atoms with van der Waals surface area (Å²) in [6, 6.07) is 11.9. The molecule has 3 aromatic rings. The van der Waals surface area contributed by atoms with E-state index in [1.54, 1.807) is 6.20 Å². The number of nitrogens with zero attached hydrogens (tertiary/aromatic N) is 2. The minimum atomic E-state index is -0.200. The summed E-state index contributed by atoms with van der Waals surface area (Å²) in [5.41, 5.74) is 7.50. The van der Waals surface area contributed by atoms with Crippen molar-refractivity contribution in [2.45, 2.75) is 38.5 Å². The van der Waals surface area contributed by atoms with Crippen molar-refractivity contribution in [3.63, 3.8) is 0 Å². The van der Waals surface area contributed by atoms with Crippen molar-refractivity contribution in [3.8, 4) is 0 Å². The van der Waals surface area contributed by atoms with E-state index in [1.165, 1.54) is 5.56 Å². The van der Waals surface area contributed by atoms with Gasteiger partial charge >= 0.3 is 6.09 Å². The lowest BCUT2D eigenvalue weighted by atomic mass is 9.89. The van der Waals surface area contributed by atoms with Crippen molar-refractivity contribution in [2.24, 2.45) is 5.73 Å². The SMILES string of the molecule is CCCCOC(=O)N1CCC(c2ccc(Nc3nc(NCCN)cc4cc[nH]c(=O)c34)cc2)CC1. The number of carbonyl (C=O) groups excluding carboxylic acids is 1. The van der Waals surface area contributed by atoms with Crippen LogP contribution in [0.4, 0.5) is 22.1 Å². The quantitative estimate of drug-likeness (QED) is 0.340. The number of aromatic nitrogens is 2. The molecule has 1 aliphatic heterocycles. The van der Waals surface area contributed by atoms with Crippen LogP contribution in [-0.2, 0) is 4.74 Å². The van der Waals surface area contributed by atoms with Gasteiger partial charge in [0.05, 0.1) is 12.0 Å². The number of anilines is 3. The standard InChI is InChI=1S/C26H34N6O3/c1-2-3-16-35-26(34)32-14-9-19(10-15-32)18-4-6-21(7-5-18)30-24-23-20(8-12-29-25(23)33)17-22(31-24)28-13-11-27/h4-8,12,17,19H,2-3,9-11,13-16,27H2,1H3,(H,29,33)(H2,28,30,31). The number of carbonyl (C=O) groups is 1. The Labute approximate surface area is 205 Å². The maximum absolute atomic E-state index is 12.5. The summed E-state index contributed by atoms with van der Waals surface area (Å²) in [5, 5.41) is 7.80. The fourth-order valence-corrected chi connectivity index (χ4v) is 4.36. The molecule has 0 atom stereocenters. The van der Waals surface area contributed by atoms with Gasteiger partial charge < -0.3 is 31.0 Å². The van der Waals surface area contributed by atoms with E-state index in [0.29, 0.717) is 55.7 Å². The first kappa shape index (κ1) is 24.5. The predicted molar refractivity (Wildman–Crippen MR) is 139 cm³/mol. The minimum Gasteiger partial charge on any atom is -0.449 e. The molecule has 35 heavy (non-hydrogen) atoms. The highest BCUT2D eigenvalue weighted by molar-refractivity contribution is 5.94. The van der Waals surface area contributed by atoms with Crippen molar-refractivity contribution >= 4 is 34.2 Å². The number of piperidine rings is 1. The number of amides is 1. The second-order valence-corrected chi connectivity index (χ2v) is 8.82. The van der Waals surface area contributed by atoms with Crippen LogP contribution in [0.25, 0.3) is 10.8 Å². The molecule has 1 amide bonds. The summed E-state index contributed by atoms with van der Waals surface area (Å²) >= 11 is 0. The Morgan fingerprint density at radius 1 is 1.23 bits per heavy atom. The smallest absolute Gasteiger partial charge is 0.409 e. The Kier molecular flexibility index (Phi) is 8.20. The molecule has 2 aromatic heterocycles. The number of pyridine rings is 2. The second-order valence-electron chi connectivity index (χ2n) is 8.82. The third-order valence-corrected chi connectivity index (χ3v) is 6.33. The molecule has 9 heteroatoms. The molecule has 0 saturated carbocycles. The Balaban J connectivity index is 1.43. The highest BCUT2D eigenvalue weighted by Crippen LogP contribution is 2.30. The largest absolute Gasteiger partial charge is 0.449 e. The van der Waals surface area contributed by atoms with Gasteiger partial charge in [0.15, 0.2) is 0 Å². The number of hydrogen-bond donors (Lipinski definition) is 4. The van der Waals surface area contributed by atoms with Crippen molar-refractivity contribution in [3.05, 3.63) is 58.5 Å². The van der Waals surface area contributed by atoms with Gasteiger partial charge in [-0.25, -0.2) is 9.78 Å². The van der Waals surface area contributed by atoms with Gasteiger partial charge in [0.1, 0.15) is 11.6 Å². The molecule has 1 saturated heterocycles. The molecule has 9 nitrogen and oxygen atoms in total. The van der Waals surface area contributed by atoms with Crippen LogP contribution < -0.4 is 21.9 Å². The third kappa shape index (κ3) is 6.10. The van der Waals surface area contributed by atoms with E-state index in [1.807, 2.05) is 29.2 Å². The lowest BCUT2D eigenvalue weighted by Gasteiger charge is -2.31. The molecule has 5 N–H and O–H groups in total. The van der Waals surface area contributed by atoms with Gasteiger partial charge in [-0.3, -0.25) is 4.79 Å². The van der Waals surface area contributed by atoms with Gasteiger partial charge in [-0.2, -0.15) is 0 Å². The van der Waals surface area contributed by atoms with Crippen LogP contribution in [0.2, 0.25) is 0 Å². The Hall–Kier alpha value is -3.59. The molecule has 0 aliphatic carbocycles. The van der Waals surface area contributed by atoms with E-state index in [2.05, 4.69) is 39.7 Å². The van der Waals surface area contributed by atoms with Crippen LogP contribution in [0.3, 0.4) is 0 Å². The molecule has 1 aliphatic rings. The first-order chi connectivity index (χ1) is 17.1. The Bertz CT molecular complexity index is 1190. The first-order valence-electron chi connectivity index (χ1n) is 12.3. The molecule has 1 fully saturated rings. The molecule has 4 rings (SSSR count). The molecular formula is C26H34N6O3. The van der Waals surface area contributed by atoms with E-state index in [9.17, 15) is 9.59 Å². The zero-order valence-electron chi connectivity index (χ0n) is 20.2. The first-order valence-corrected chi connectivity index (χ1v) is 12.3. The minimum absolute atomic E-state index is 0.195. The molecule has 186 valence electrons. The number of hydrogen-bond acceptors (Lipinski definition) is 7. The van der Waals surface area contributed by atoms with E-state index < -0.39 is 0 Å². The lowest BCUT2D eigenvalue weighted by Crippen LogP contribution is -2.38. The van der Waals surface area contributed by atoms with Gasteiger partial charge in [-0.05, 0) is 60.4 Å². The van der Waals surface area contributed by atoms with Crippen LogP contribution in [0, 0.1) is 0 Å². The number of H-pyrrole nitrogens is 1. The summed E-state index contributed by atoms with van der Waals surface area (Å²) in [6.07, 6.45) is 5.16. The number of fused-ring (bicyclic) bond motifs is 1. The van der Waals surface area contributed by atoms with Crippen molar-refractivity contribution in [1.29, 1.82) is 0 Å². The molecule has 0 radical (unpaired) electrons. The number of unbranched alkanes of at least 4 members (excludes halogenated alkanes) is 1. The summed E-state index contributed by atoms with van der Waals surface area (Å²) < 4.78 is 5.34. The molecule has 0 spiro atoms. The number of aromatic amines is 1. The average Bonchev–Trinajstić information content (AvgIpc) is 2.88. The molecule has 3 heterocycles. The van der Waals surface area contributed by atoms with Crippen molar-refractivity contribution < 1.29 is 9.53 Å². The van der Waals surface area contributed by atoms with Gasteiger partial charge in [-0.1, -0.05) is 25.5 Å². The number of rotatable bonds is 9. The fourth-order valence-electron chi connectivity index (χ4n) is 4.36. The Morgan fingerprint density at radius 2 is 2.00 bits per heavy atom. The molecule has 1 aromatic carbocycles. The van der Waals surface area contributed by atoms with Crippen LogP contribution in [-0.4, -0.2) is 53.7 Å². The number of benzene rings is 1. The monoisotopic (exact) mass is 478 g/mol. The number of nitrogens with two attached hydrogens (primary N) is 1. The van der Waals surface area contributed by atoms with Crippen LogP contribution in [0.15, 0.2) is 47.4 Å². The van der Waals surface area contributed by atoms with Crippen LogP contribution >= 0.6 is 0 Å². The van der Waals surface area contributed by atoms with Crippen molar-refractivity contribution in [1.82, 2.24) is 14.9 Å². The van der Waals surface area contributed by atoms with Gasteiger partial charge in [-0.15, -0.1) is 0 Å². The van der Waals surface area contributed by atoms with Crippen LogP contribution in [0.1, 0.15) is 44.1 Å². The number of nitrogens with one attached hydrogen (secondary N) is 3. The maximum atomic E-state index is 12.5. The molecule has 0 unspecified atom stereocenters.